The van der Waals surface area contributed by atoms with Crippen LogP contribution in [-0.2, 0) is 6.54 Å². The maximum atomic E-state index is 12.8. The van der Waals surface area contributed by atoms with Crippen molar-refractivity contribution in [2.75, 3.05) is 6.54 Å². The van der Waals surface area contributed by atoms with Crippen LogP contribution in [0.2, 0.25) is 0 Å². The van der Waals surface area contributed by atoms with Crippen LogP contribution in [0, 0.1) is 5.82 Å². The molecular weight excluding hydrogens is 221 g/mol. The first-order valence-electron chi connectivity index (χ1n) is 5.25. The minimum absolute atomic E-state index is 0.193. The Bertz CT molecular complexity index is 563. The Morgan fingerprint density at radius 3 is 2.53 bits per heavy atom. The molecule has 5 heteroatoms. The molecule has 2 aromatic rings. The maximum Gasteiger partial charge on any atom is 0.266 e. The summed E-state index contributed by atoms with van der Waals surface area (Å²) in [6.07, 6.45) is 0. The van der Waals surface area contributed by atoms with E-state index >= 15 is 0 Å². The topological polar surface area (TPSA) is 60.9 Å². The van der Waals surface area contributed by atoms with Gasteiger partial charge in [-0.25, -0.2) is 9.07 Å². The lowest BCUT2D eigenvalue weighted by Gasteiger charge is -2.05. The zero-order chi connectivity index (χ0) is 12.3. The fourth-order valence-corrected chi connectivity index (χ4v) is 1.51. The van der Waals surface area contributed by atoms with Crippen LogP contribution in [0.4, 0.5) is 4.39 Å². The fourth-order valence-electron chi connectivity index (χ4n) is 1.51. The van der Waals surface area contributed by atoms with Gasteiger partial charge in [0.2, 0.25) is 0 Å². The lowest BCUT2D eigenvalue weighted by Crippen LogP contribution is -2.25. The molecule has 0 saturated carbocycles. The second kappa shape index (κ2) is 4.88. The van der Waals surface area contributed by atoms with Gasteiger partial charge in [-0.1, -0.05) is 0 Å². The molecule has 0 saturated heterocycles. The van der Waals surface area contributed by atoms with Crippen LogP contribution in [-0.4, -0.2) is 16.3 Å². The second-order valence-electron chi connectivity index (χ2n) is 3.58. The van der Waals surface area contributed by atoms with Crippen molar-refractivity contribution in [1.82, 2.24) is 9.78 Å². The van der Waals surface area contributed by atoms with Crippen LogP contribution in [0.15, 0.2) is 41.2 Å². The van der Waals surface area contributed by atoms with Crippen molar-refractivity contribution in [2.45, 2.75) is 6.54 Å². The van der Waals surface area contributed by atoms with Crippen LogP contribution < -0.4 is 11.3 Å². The number of nitrogens with zero attached hydrogens (tertiary/aromatic N) is 2. The molecule has 0 fully saturated rings. The molecule has 1 aromatic carbocycles. The first kappa shape index (κ1) is 11.5. The van der Waals surface area contributed by atoms with E-state index in [2.05, 4.69) is 5.10 Å². The number of rotatable bonds is 3. The Balaban J connectivity index is 2.42. The highest BCUT2D eigenvalue weighted by molar-refractivity contribution is 5.57. The monoisotopic (exact) mass is 233 g/mol. The standard InChI is InChI=1S/C12H12FN3O/c13-10-3-1-9(2-4-10)11-5-6-12(17)16(15-11)8-7-14/h1-6H,7-8,14H2. The van der Waals surface area contributed by atoms with E-state index in [1.54, 1.807) is 18.2 Å². The number of nitrogens with two attached hydrogens (primary N) is 1. The summed E-state index contributed by atoms with van der Waals surface area (Å²) >= 11 is 0. The molecule has 1 heterocycles. The molecule has 88 valence electrons. The summed E-state index contributed by atoms with van der Waals surface area (Å²) in [7, 11) is 0. The van der Waals surface area contributed by atoms with Gasteiger partial charge in [-0.05, 0) is 30.3 Å². The Morgan fingerprint density at radius 1 is 1.18 bits per heavy atom. The Hall–Kier alpha value is -2.01. The van der Waals surface area contributed by atoms with Gasteiger partial charge in [-0.2, -0.15) is 5.10 Å². The normalized spacial score (nSPS) is 10.5. The predicted octanol–water partition coefficient (Wildman–Crippen LogP) is 1.01. The van der Waals surface area contributed by atoms with Gasteiger partial charge in [0, 0.05) is 18.2 Å². The largest absolute Gasteiger partial charge is 0.329 e. The van der Waals surface area contributed by atoms with Gasteiger partial charge in [0.15, 0.2) is 0 Å². The summed E-state index contributed by atoms with van der Waals surface area (Å²) in [4.78, 5) is 11.4. The molecule has 0 aliphatic heterocycles. The minimum Gasteiger partial charge on any atom is -0.329 e. The van der Waals surface area contributed by atoms with E-state index in [9.17, 15) is 9.18 Å². The molecule has 17 heavy (non-hydrogen) atoms. The van der Waals surface area contributed by atoms with Gasteiger partial charge < -0.3 is 5.73 Å². The predicted molar refractivity (Wildman–Crippen MR) is 62.9 cm³/mol. The Morgan fingerprint density at radius 2 is 1.88 bits per heavy atom. The van der Waals surface area contributed by atoms with Gasteiger partial charge in [-0.15, -0.1) is 0 Å². The average Bonchev–Trinajstić information content (AvgIpc) is 2.33. The zero-order valence-corrected chi connectivity index (χ0v) is 9.14. The molecule has 0 amide bonds. The van der Waals surface area contributed by atoms with Crippen molar-refractivity contribution >= 4 is 0 Å². The SMILES string of the molecule is NCCn1nc(-c2ccc(F)cc2)ccc1=O. The van der Waals surface area contributed by atoms with Gasteiger partial charge in [-0.3, -0.25) is 4.79 Å². The molecule has 0 bridgehead atoms. The summed E-state index contributed by atoms with van der Waals surface area (Å²) in [5, 5.41) is 4.16. The molecule has 2 rings (SSSR count). The lowest BCUT2D eigenvalue weighted by atomic mass is 10.1. The van der Waals surface area contributed by atoms with Crippen molar-refractivity contribution in [2.24, 2.45) is 5.73 Å². The maximum absolute atomic E-state index is 12.8. The highest BCUT2D eigenvalue weighted by atomic mass is 19.1. The molecule has 4 nitrogen and oxygen atoms in total. The number of halogens is 1. The highest BCUT2D eigenvalue weighted by Gasteiger charge is 2.02. The number of benzene rings is 1. The van der Waals surface area contributed by atoms with Gasteiger partial charge >= 0.3 is 0 Å². The van der Waals surface area contributed by atoms with Gasteiger partial charge in [0.1, 0.15) is 5.82 Å². The van der Waals surface area contributed by atoms with Crippen molar-refractivity contribution in [3.8, 4) is 11.3 Å². The lowest BCUT2D eigenvalue weighted by molar-refractivity contribution is 0.590. The van der Waals surface area contributed by atoms with Crippen LogP contribution in [0.1, 0.15) is 0 Å². The highest BCUT2D eigenvalue weighted by Crippen LogP contribution is 2.15. The van der Waals surface area contributed by atoms with Crippen LogP contribution >= 0.6 is 0 Å². The molecule has 0 aliphatic rings. The Kier molecular flexibility index (Phi) is 3.30. The van der Waals surface area contributed by atoms with E-state index in [0.717, 1.165) is 5.56 Å². The van der Waals surface area contributed by atoms with E-state index < -0.39 is 0 Å². The van der Waals surface area contributed by atoms with E-state index in [-0.39, 0.29) is 11.4 Å². The number of hydrogen-bond donors (Lipinski definition) is 1. The molecular formula is C12H12FN3O. The average molecular weight is 233 g/mol. The van der Waals surface area contributed by atoms with Crippen molar-refractivity contribution in [3.63, 3.8) is 0 Å². The first-order chi connectivity index (χ1) is 8.20. The van der Waals surface area contributed by atoms with Crippen LogP contribution in [0.3, 0.4) is 0 Å². The van der Waals surface area contributed by atoms with Gasteiger partial charge in [0.05, 0.1) is 12.2 Å². The zero-order valence-electron chi connectivity index (χ0n) is 9.14. The van der Waals surface area contributed by atoms with Crippen LogP contribution in [0.25, 0.3) is 11.3 Å². The summed E-state index contributed by atoms with van der Waals surface area (Å²) in [5.74, 6) is -0.302. The molecule has 1 aromatic heterocycles. The quantitative estimate of drug-likeness (QED) is 0.860. The molecule has 2 N–H and O–H groups in total. The number of hydrogen-bond acceptors (Lipinski definition) is 3. The Labute approximate surface area is 97.5 Å². The van der Waals surface area contributed by atoms with Crippen LogP contribution in [0.5, 0.6) is 0 Å². The van der Waals surface area contributed by atoms with Gasteiger partial charge in [0.25, 0.3) is 5.56 Å². The minimum atomic E-state index is -0.302. The van der Waals surface area contributed by atoms with E-state index in [4.69, 9.17) is 5.73 Å². The van der Waals surface area contributed by atoms with E-state index in [1.807, 2.05) is 0 Å². The molecule has 0 atom stereocenters. The fraction of sp³-hybridized carbons (Fsp3) is 0.167. The van der Waals surface area contributed by atoms with Crippen molar-refractivity contribution < 1.29 is 4.39 Å². The third-order valence-corrected chi connectivity index (χ3v) is 2.35. The third kappa shape index (κ3) is 2.57. The van der Waals surface area contributed by atoms with E-state index in [1.165, 1.54) is 22.9 Å². The van der Waals surface area contributed by atoms with Crippen molar-refractivity contribution in [1.29, 1.82) is 0 Å². The summed E-state index contributed by atoms with van der Waals surface area (Å²) < 4.78 is 14.1. The van der Waals surface area contributed by atoms with Crippen molar-refractivity contribution in [3.05, 3.63) is 52.6 Å². The third-order valence-electron chi connectivity index (χ3n) is 2.35. The number of aromatic nitrogens is 2. The van der Waals surface area contributed by atoms with E-state index in [0.29, 0.717) is 18.8 Å². The summed E-state index contributed by atoms with van der Waals surface area (Å²) in [6, 6.07) is 9.00. The molecule has 0 unspecified atom stereocenters. The molecule has 0 spiro atoms. The summed E-state index contributed by atoms with van der Waals surface area (Å²) in [5.41, 5.74) is 6.58. The molecule has 0 aliphatic carbocycles. The molecule has 0 radical (unpaired) electrons. The second-order valence-corrected chi connectivity index (χ2v) is 3.58. The first-order valence-corrected chi connectivity index (χ1v) is 5.25. The summed E-state index contributed by atoms with van der Waals surface area (Å²) in [6.45, 7) is 0.716. The smallest absolute Gasteiger partial charge is 0.266 e.